The van der Waals surface area contributed by atoms with E-state index in [1.54, 1.807) is 30.3 Å². The molecule has 1 saturated carbocycles. The van der Waals surface area contributed by atoms with Crippen molar-refractivity contribution in [3.63, 3.8) is 0 Å². The molecule has 0 spiro atoms. The van der Waals surface area contributed by atoms with Gasteiger partial charge in [-0.15, -0.1) is 0 Å². The van der Waals surface area contributed by atoms with Crippen LogP contribution in [-0.4, -0.2) is 70.9 Å². The Morgan fingerprint density at radius 1 is 1.03 bits per heavy atom. The molecule has 2 aliphatic heterocycles. The Labute approximate surface area is 219 Å². The SMILES string of the molecule is O=C(CC1CCOC1)CC1CC(Nc2cc(-n3c(C(F)F)nc4ccccc43)nc(N3CCOCC3)n2)C1. The first-order valence-electron chi connectivity index (χ1n) is 13.4. The van der Waals surface area contributed by atoms with Gasteiger partial charge in [0.2, 0.25) is 5.95 Å². The molecular formula is C27H32F2N6O3. The number of ketones is 1. The maximum absolute atomic E-state index is 14.1. The summed E-state index contributed by atoms with van der Waals surface area (Å²) in [5, 5.41) is 3.47. The molecule has 9 nitrogen and oxygen atoms in total. The number of alkyl halides is 2. The van der Waals surface area contributed by atoms with E-state index in [1.807, 2.05) is 4.90 Å². The van der Waals surface area contributed by atoms with Crippen molar-refractivity contribution in [1.29, 1.82) is 0 Å². The third kappa shape index (κ3) is 5.35. The van der Waals surface area contributed by atoms with E-state index in [0.29, 0.717) is 92.0 Å². The van der Waals surface area contributed by atoms with E-state index in [4.69, 9.17) is 19.4 Å². The molecule has 202 valence electrons. The van der Waals surface area contributed by atoms with E-state index in [-0.39, 0.29) is 11.9 Å². The molecule has 4 heterocycles. The summed E-state index contributed by atoms with van der Waals surface area (Å²) >= 11 is 0. The van der Waals surface area contributed by atoms with E-state index < -0.39 is 6.43 Å². The normalized spacial score (nSPS) is 23.7. The Balaban J connectivity index is 1.22. The highest BCUT2D eigenvalue weighted by Gasteiger charge is 2.32. The highest BCUT2D eigenvalue weighted by Crippen LogP contribution is 2.35. The first-order valence-corrected chi connectivity index (χ1v) is 13.4. The third-order valence-corrected chi connectivity index (χ3v) is 7.65. The van der Waals surface area contributed by atoms with Crippen molar-refractivity contribution in [3.8, 4) is 5.82 Å². The predicted octanol–water partition coefficient (Wildman–Crippen LogP) is 4.17. The van der Waals surface area contributed by atoms with Gasteiger partial charge in [-0.25, -0.2) is 13.8 Å². The number of imidazole rings is 1. The van der Waals surface area contributed by atoms with E-state index >= 15 is 0 Å². The van der Waals surface area contributed by atoms with Crippen molar-refractivity contribution < 1.29 is 23.0 Å². The number of nitrogens with zero attached hydrogens (tertiary/aromatic N) is 5. The lowest BCUT2D eigenvalue weighted by molar-refractivity contribution is -0.121. The number of morpholine rings is 1. The monoisotopic (exact) mass is 526 g/mol. The van der Waals surface area contributed by atoms with Gasteiger partial charge in [0.25, 0.3) is 6.43 Å². The first kappa shape index (κ1) is 25.1. The van der Waals surface area contributed by atoms with Crippen LogP contribution in [0.25, 0.3) is 16.9 Å². The summed E-state index contributed by atoms with van der Waals surface area (Å²) in [4.78, 5) is 28.1. The molecule has 2 aromatic heterocycles. The van der Waals surface area contributed by atoms with Crippen molar-refractivity contribution in [2.24, 2.45) is 11.8 Å². The number of carbonyl (C=O) groups excluding carboxylic acids is 1. The van der Waals surface area contributed by atoms with Gasteiger partial charge in [0, 0.05) is 51.3 Å². The number of anilines is 2. The Hall–Kier alpha value is -3.18. The van der Waals surface area contributed by atoms with Crippen LogP contribution in [0.15, 0.2) is 30.3 Å². The smallest absolute Gasteiger partial charge is 0.296 e. The number of benzene rings is 1. The number of rotatable bonds is 9. The van der Waals surface area contributed by atoms with Gasteiger partial charge in [0.15, 0.2) is 5.82 Å². The zero-order valence-electron chi connectivity index (χ0n) is 21.2. The van der Waals surface area contributed by atoms with Crippen molar-refractivity contribution in [2.45, 2.75) is 44.6 Å². The number of aromatic nitrogens is 4. The molecule has 1 N–H and O–H groups in total. The van der Waals surface area contributed by atoms with Gasteiger partial charge in [0.05, 0.1) is 24.2 Å². The molecule has 11 heteroatoms. The summed E-state index contributed by atoms with van der Waals surface area (Å²) < 4.78 is 40.4. The second-order valence-electron chi connectivity index (χ2n) is 10.5. The largest absolute Gasteiger partial charge is 0.381 e. The molecule has 6 rings (SSSR count). The Morgan fingerprint density at radius 2 is 1.82 bits per heavy atom. The lowest BCUT2D eigenvalue weighted by Gasteiger charge is -2.36. The quantitative estimate of drug-likeness (QED) is 0.444. The minimum atomic E-state index is -2.76. The number of carbonyl (C=O) groups is 1. The average molecular weight is 527 g/mol. The number of hydrogen-bond donors (Lipinski definition) is 1. The van der Waals surface area contributed by atoms with Crippen LogP contribution in [0.2, 0.25) is 0 Å². The number of Topliss-reactive ketones (excluding diaryl/α,β-unsaturated/α-hetero) is 1. The third-order valence-electron chi connectivity index (χ3n) is 7.65. The van der Waals surface area contributed by atoms with Crippen LogP contribution in [-0.2, 0) is 14.3 Å². The van der Waals surface area contributed by atoms with Gasteiger partial charge in [-0.05, 0) is 43.2 Å². The lowest BCUT2D eigenvalue weighted by atomic mass is 9.76. The summed E-state index contributed by atoms with van der Waals surface area (Å²) in [7, 11) is 0. The van der Waals surface area contributed by atoms with Crippen LogP contribution in [0.5, 0.6) is 0 Å². The minimum absolute atomic E-state index is 0.164. The summed E-state index contributed by atoms with van der Waals surface area (Å²) in [6.07, 6.45) is 1.16. The maximum Gasteiger partial charge on any atom is 0.296 e. The molecule has 0 amide bonds. The second kappa shape index (κ2) is 10.9. The Kier molecular flexibility index (Phi) is 7.20. The molecule has 0 radical (unpaired) electrons. The van der Waals surface area contributed by atoms with Gasteiger partial charge < -0.3 is 19.7 Å². The highest BCUT2D eigenvalue weighted by atomic mass is 19.3. The zero-order valence-corrected chi connectivity index (χ0v) is 21.2. The van der Waals surface area contributed by atoms with Crippen LogP contribution in [0.4, 0.5) is 20.5 Å². The number of ether oxygens (including phenoxy) is 2. The molecule has 1 aromatic carbocycles. The van der Waals surface area contributed by atoms with Gasteiger partial charge in [-0.2, -0.15) is 9.97 Å². The number of fused-ring (bicyclic) bond motifs is 1. The van der Waals surface area contributed by atoms with Crippen LogP contribution in [0.3, 0.4) is 0 Å². The molecule has 1 unspecified atom stereocenters. The van der Waals surface area contributed by atoms with E-state index in [2.05, 4.69) is 10.3 Å². The highest BCUT2D eigenvalue weighted by molar-refractivity contribution is 5.79. The summed E-state index contributed by atoms with van der Waals surface area (Å²) in [6, 6.07) is 8.94. The fourth-order valence-electron chi connectivity index (χ4n) is 5.65. The summed E-state index contributed by atoms with van der Waals surface area (Å²) in [6.45, 7) is 3.80. The number of halogens is 2. The van der Waals surface area contributed by atoms with Crippen molar-refractivity contribution in [3.05, 3.63) is 36.2 Å². The minimum Gasteiger partial charge on any atom is -0.381 e. The number of hydrogen-bond acceptors (Lipinski definition) is 8. The standard InChI is InChI=1S/C27H32F2N6O3/c28-25(29)26-31-21-3-1-2-4-22(21)35(26)24-15-23(32-27(33-24)34-6-9-37-10-7-34)30-19-11-18(12-19)14-20(36)13-17-5-8-38-16-17/h1-4,15,17-19,25H,5-14,16H2,(H,30,32,33). The van der Waals surface area contributed by atoms with Crippen molar-refractivity contribution in [1.82, 2.24) is 19.5 Å². The van der Waals surface area contributed by atoms with Crippen molar-refractivity contribution >= 4 is 28.6 Å². The van der Waals surface area contributed by atoms with E-state index in [0.717, 1.165) is 25.9 Å². The summed E-state index contributed by atoms with van der Waals surface area (Å²) in [5.74, 6) is 2.08. The fraction of sp³-hybridized carbons (Fsp3) is 0.556. The first-order chi connectivity index (χ1) is 18.5. The van der Waals surface area contributed by atoms with Crippen LogP contribution < -0.4 is 10.2 Å². The van der Waals surface area contributed by atoms with E-state index in [1.165, 1.54) is 4.57 Å². The molecule has 38 heavy (non-hydrogen) atoms. The summed E-state index contributed by atoms with van der Waals surface area (Å²) in [5.41, 5.74) is 1.05. The fourth-order valence-corrected chi connectivity index (χ4v) is 5.65. The van der Waals surface area contributed by atoms with Gasteiger partial charge in [0.1, 0.15) is 17.4 Å². The number of nitrogens with one attached hydrogen (secondary N) is 1. The van der Waals surface area contributed by atoms with Crippen molar-refractivity contribution in [2.75, 3.05) is 49.7 Å². The second-order valence-corrected chi connectivity index (χ2v) is 10.5. The molecule has 1 aliphatic carbocycles. The van der Waals surface area contributed by atoms with Crippen LogP contribution in [0.1, 0.15) is 44.4 Å². The van der Waals surface area contributed by atoms with Gasteiger partial charge >= 0.3 is 0 Å². The van der Waals surface area contributed by atoms with Crippen LogP contribution in [0, 0.1) is 11.8 Å². The Morgan fingerprint density at radius 3 is 2.58 bits per heavy atom. The Bertz CT molecular complexity index is 1280. The molecule has 2 saturated heterocycles. The van der Waals surface area contributed by atoms with Crippen LogP contribution >= 0.6 is 0 Å². The van der Waals surface area contributed by atoms with Gasteiger partial charge in [-0.1, -0.05) is 12.1 Å². The zero-order chi connectivity index (χ0) is 26.1. The van der Waals surface area contributed by atoms with E-state index in [9.17, 15) is 13.6 Å². The lowest BCUT2D eigenvalue weighted by Crippen LogP contribution is -2.39. The average Bonchev–Trinajstić information content (AvgIpc) is 3.55. The topological polar surface area (TPSA) is 94.4 Å². The molecule has 0 bridgehead atoms. The molecule has 1 atom stereocenters. The number of para-hydroxylation sites is 2. The molecule has 3 aromatic rings. The molecular weight excluding hydrogens is 494 g/mol. The maximum atomic E-state index is 14.1. The van der Waals surface area contributed by atoms with Gasteiger partial charge in [-0.3, -0.25) is 9.36 Å². The molecule has 3 fully saturated rings. The predicted molar refractivity (Wildman–Crippen MR) is 138 cm³/mol. The molecule has 3 aliphatic rings.